The van der Waals surface area contributed by atoms with Gasteiger partial charge in [0.1, 0.15) is 24.0 Å². The number of H-pyrrole nitrogens is 1. The maximum absolute atomic E-state index is 12.2. The van der Waals surface area contributed by atoms with E-state index in [1.54, 1.807) is 6.07 Å². The van der Waals surface area contributed by atoms with Crippen LogP contribution >= 0.6 is 0 Å². The molecule has 0 radical (unpaired) electrons. The lowest BCUT2D eigenvalue weighted by Crippen LogP contribution is -2.63. The first-order chi connectivity index (χ1) is 11.0. The Labute approximate surface area is 131 Å². The second-order valence-electron chi connectivity index (χ2n) is 5.60. The number of hydrogen-bond acceptors (Lipinski definition) is 6. The van der Waals surface area contributed by atoms with Crippen LogP contribution in [-0.2, 0) is 4.74 Å². The second kappa shape index (κ2) is 6.26. The highest BCUT2D eigenvalue weighted by Gasteiger charge is 2.41. The van der Waals surface area contributed by atoms with E-state index in [1.165, 1.54) is 0 Å². The molecule has 1 aliphatic heterocycles. The molecule has 1 saturated heterocycles. The molecule has 2 heterocycles. The lowest BCUT2D eigenvalue weighted by Gasteiger charge is -2.39. The number of ether oxygens (including phenoxy) is 1. The van der Waals surface area contributed by atoms with Crippen molar-refractivity contribution in [1.29, 1.82) is 0 Å². The van der Waals surface area contributed by atoms with Crippen molar-refractivity contribution in [2.45, 2.75) is 30.6 Å². The summed E-state index contributed by atoms with van der Waals surface area (Å²) in [7, 11) is 0. The lowest BCUT2D eigenvalue weighted by molar-refractivity contribution is -0.239. The Kier molecular flexibility index (Phi) is 4.33. The van der Waals surface area contributed by atoms with Gasteiger partial charge in [0.15, 0.2) is 6.29 Å². The molecule has 23 heavy (non-hydrogen) atoms. The van der Waals surface area contributed by atoms with Crippen LogP contribution < -0.4 is 11.1 Å². The highest BCUT2D eigenvalue weighted by atomic mass is 16.6. The molecule has 1 amide bonds. The molecule has 8 heteroatoms. The van der Waals surface area contributed by atoms with Gasteiger partial charge >= 0.3 is 0 Å². The Hall–Kier alpha value is -1.97. The predicted molar refractivity (Wildman–Crippen MR) is 81.5 cm³/mol. The largest absolute Gasteiger partial charge is 0.388 e. The molecule has 124 valence electrons. The Bertz CT molecular complexity index is 670. The SMILES string of the molecule is N[C@H]1C(O)O[C@H](CNC(=O)c2cc3ccccc3[nH]2)[C@H](O)C1O. The number of nitrogens with one attached hydrogen (secondary N) is 2. The minimum atomic E-state index is -1.40. The summed E-state index contributed by atoms with van der Waals surface area (Å²) >= 11 is 0. The Morgan fingerprint density at radius 3 is 2.74 bits per heavy atom. The third-order valence-electron chi connectivity index (χ3n) is 4.01. The van der Waals surface area contributed by atoms with Crippen LogP contribution in [0, 0.1) is 0 Å². The number of amides is 1. The van der Waals surface area contributed by atoms with Crippen LogP contribution in [0.15, 0.2) is 30.3 Å². The van der Waals surface area contributed by atoms with Crippen molar-refractivity contribution < 1.29 is 24.9 Å². The van der Waals surface area contributed by atoms with E-state index in [2.05, 4.69) is 10.3 Å². The van der Waals surface area contributed by atoms with E-state index in [4.69, 9.17) is 10.5 Å². The number of aliphatic hydroxyl groups is 3. The van der Waals surface area contributed by atoms with E-state index in [0.717, 1.165) is 10.9 Å². The van der Waals surface area contributed by atoms with Gasteiger partial charge in [-0.3, -0.25) is 4.79 Å². The molecule has 2 unspecified atom stereocenters. The fourth-order valence-corrected chi connectivity index (χ4v) is 2.62. The van der Waals surface area contributed by atoms with Crippen LogP contribution in [0.3, 0.4) is 0 Å². The normalized spacial score (nSPS) is 31.2. The number of aromatic nitrogens is 1. The predicted octanol–water partition coefficient (Wildman–Crippen LogP) is -1.34. The highest BCUT2D eigenvalue weighted by Crippen LogP contribution is 2.18. The highest BCUT2D eigenvalue weighted by molar-refractivity contribution is 5.97. The smallest absolute Gasteiger partial charge is 0.267 e. The van der Waals surface area contributed by atoms with E-state index >= 15 is 0 Å². The summed E-state index contributed by atoms with van der Waals surface area (Å²) in [4.78, 5) is 15.1. The maximum atomic E-state index is 12.2. The van der Waals surface area contributed by atoms with E-state index in [1.807, 2.05) is 24.3 Å². The molecular formula is C15H19N3O5. The molecule has 0 bridgehead atoms. The number of aliphatic hydroxyl groups excluding tert-OH is 3. The van der Waals surface area contributed by atoms with Crippen LogP contribution in [0.2, 0.25) is 0 Å². The molecule has 1 aromatic heterocycles. The van der Waals surface area contributed by atoms with Gasteiger partial charge in [-0.05, 0) is 12.1 Å². The van der Waals surface area contributed by atoms with Crippen molar-refractivity contribution in [3.05, 3.63) is 36.0 Å². The second-order valence-corrected chi connectivity index (χ2v) is 5.60. The van der Waals surface area contributed by atoms with Crippen LogP contribution in [-0.4, -0.2) is 63.4 Å². The Morgan fingerprint density at radius 1 is 1.26 bits per heavy atom. The van der Waals surface area contributed by atoms with Crippen LogP contribution in [0.25, 0.3) is 10.9 Å². The Morgan fingerprint density at radius 2 is 2.00 bits per heavy atom. The number of fused-ring (bicyclic) bond motifs is 1. The number of nitrogens with two attached hydrogens (primary N) is 1. The fourth-order valence-electron chi connectivity index (χ4n) is 2.62. The molecule has 1 aliphatic rings. The number of carbonyl (C=O) groups excluding carboxylic acids is 1. The van der Waals surface area contributed by atoms with Crippen molar-refractivity contribution >= 4 is 16.8 Å². The van der Waals surface area contributed by atoms with Gasteiger partial charge in [-0.25, -0.2) is 0 Å². The number of carbonyl (C=O) groups is 1. The first kappa shape index (κ1) is 15.9. The summed E-state index contributed by atoms with van der Waals surface area (Å²) in [6.07, 6.45) is -4.97. The average Bonchev–Trinajstić information content (AvgIpc) is 2.99. The van der Waals surface area contributed by atoms with Gasteiger partial charge in [0.2, 0.25) is 0 Å². The van der Waals surface area contributed by atoms with Gasteiger partial charge in [-0.2, -0.15) is 0 Å². The minimum Gasteiger partial charge on any atom is -0.388 e. The van der Waals surface area contributed by atoms with Crippen molar-refractivity contribution in [2.24, 2.45) is 5.73 Å². The quantitative estimate of drug-likeness (QED) is 0.413. The van der Waals surface area contributed by atoms with E-state index in [0.29, 0.717) is 5.69 Å². The number of benzene rings is 1. The standard InChI is InChI=1S/C15H19N3O5/c16-11-13(20)12(19)10(23-15(11)22)6-17-14(21)9-5-7-3-1-2-4-8(7)18-9/h1-5,10-13,15,18-20,22H,6,16H2,(H,17,21)/t10-,11-,12+,13?,15?/m1/s1. The fraction of sp³-hybridized carbons (Fsp3) is 0.400. The molecule has 8 nitrogen and oxygen atoms in total. The first-order valence-electron chi connectivity index (χ1n) is 7.28. The zero-order valence-corrected chi connectivity index (χ0v) is 12.2. The van der Waals surface area contributed by atoms with E-state index in [-0.39, 0.29) is 12.5 Å². The summed E-state index contributed by atoms with van der Waals surface area (Å²) in [5.74, 6) is -0.379. The molecule has 1 aromatic carbocycles. The molecule has 3 rings (SSSR count). The summed E-state index contributed by atoms with van der Waals surface area (Å²) in [5.41, 5.74) is 6.69. The molecule has 2 aromatic rings. The van der Waals surface area contributed by atoms with Crippen LogP contribution in [0.5, 0.6) is 0 Å². The van der Waals surface area contributed by atoms with Gasteiger partial charge in [-0.1, -0.05) is 18.2 Å². The van der Waals surface area contributed by atoms with Crippen LogP contribution in [0.1, 0.15) is 10.5 Å². The zero-order valence-electron chi connectivity index (χ0n) is 12.2. The maximum Gasteiger partial charge on any atom is 0.267 e. The van der Waals surface area contributed by atoms with Crippen LogP contribution in [0.4, 0.5) is 0 Å². The number of aromatic amines is 1. The van der Waals surface area contributed by atoms with E-state index in [9.17, 15) is 20.1 Å². The number of hydrogen-bond donors (Lipinski definition) is 6. The lowest BCUT2D eigenvalue weighted by atomic mass is 9.97. The number of para-hydroxylation sites is 1. The topological polar surface area (TPSA) is 141 Å². The molecule has 1 fully saturated rings. The van der Waals surface area contributed by atoms with Gasteiger partial charge in [0.25, 0.3) is 5.91 Å². The van der Waals surface area contributed by atoms with E-state index < -0.39 is 30.6 Å². The monoisotopic (exact) mass is 321 g/mol. The first-order valence-corrected chi connectivity index (χ1v) is 7.28. The van der Waals surface area contributed by atoms with Crippen molar-refractivity contribution in [3.8, 4) is 0 Å². The summed E-state index contributed by atoms with van der Waals surface area (Å²) < 4.78 is 5.12. The molecule has 0 aliphatic carbocycles. The Balaban J connectivity index is 1.64. The van der Waals surface area contributed by atoms with Gasteiger partial charge in [0.05, 0.1) is 6.04 Å². The molecule has 7 N–H and O–H groups in total. The number of rotatable bonds is 3. The average molecular weight is 321 g/mol. The minimum absolute atomic E-state index is 0.0732. The molecule has 0 saturated carbocycles. The van der Waals surface area contributed by atoms with Crippen molar-refractivity contribution in [2.75, 3.05) is 6.54 Å². The third-order valence-corrected chi connectivity index (χ3v) is 4.01. The van der Waals surface area contributed by atoms with Gasteiger partial charge < -0.3 is 36.1 Å². The summed E-state index contributed by atoms with van der Waals surface area (Å²) in [6.45, 7) is -0.0732. The van der Waals surface area contributed by atoms with Crippen molar-refractivity contribution in [1.82, 2.24) is 10.3 Å². The third kappa shape index (κ3) is 3.07. The molecular weight excluding hydrogens is 302 g/mol. The van der Waals surface area contributed by atoms with Gasteiger partial charge in [-0.15, -0.1) is 0 Å². The summed E-state index contributed by atoms with van der Waals surface area (Å²) in [6, 6.07) is 8.08. The van der Waals surface area contributed by atoms with Crippen molar-refractivity contribution in [3.63, 3.8) is 0 Å². The van der Waals surface area contributed by atoms with Gasteiger partial charge in [0, 0.05) is 17.4 Å². The molecule has 0 spiro atoms. The molecule has 5 atom stereocenters. The zero-order chi connectivity index (χ0) is 16.6. The summed E-state index contributed by atoms with van der Waals surface area (Å²) in [5, 5.41) is 32.7.